The molecular weight excluding hydrogens is 206 g/mol. The number of hydrogen-bond donors (Lipinski definition) is 2. The molecule has 2 N–H and O–H groups in total. The van der Waals surface area contributed by atoms with Crippen LogP contribution in [-0.2, 0) is 15.9 Å². The number of aliphatic hydroxyl groups is 1. The van der Waals surface area contributed by atoms with Crippen molar-refractivity contribution in [3.63, 3.8) is 0 Å². The van der Waals surface area contributed by atoms with Crippen LogP contribution in [0.1, 0.15) is 5.56 Å². The van der Waals surface area contributed by atoms with E-state index in [1.807, 2.05) is 30.3 Å². The van der Waals surface area contributed by atoms with E-state index in [1.165, 1.54) is 0 Å². The zero-order chi connectivity index (χ0) is 11.8. The van der Waals surface area contributed by atoms with Crippen LogP contribution in [0, 0.1) is 0 Å². The van der Waals surface area contributed by atoms with Gasteiger partial charge in [0.05, 0.1) is 6.10 Å². The summed E-state index contributed by atoms with van der Waals surface area (Å²) in [5.41, 5.74) is 1.11. The highest BCUT2D eigenvalue weighted by Crippen LogP contribution is 2.02. The Kier molecular flexibility index (Phi) is 6.03. The maximum Gasteiger partial charge on any atom is 0.215 e. The fourth-order valence-electron chi connectivity index (χ4n) is 1.45. The molecular formula is C12H19NO3. The topological polar surface area (TPSA) is 50.7 Å². The Labute approximate surface area is 96.2 Å². The summed E-state index contributed by atoms with van der Waals surface area (Å²) < 4.78 is 9.91. The Morgan fingerprint density at radius 1 is 1.19 bits per heavy atom. The summed E-state index contributed by atoms with van der Waals surface area (Å²) >= 11 is 0. The standard InChI is InChI=1S/C12H19NO3/c1-15-12(16-2)13-9-11(14)8-10-6-4-3-5-7-10/h3-7,11-14H,8-9H2,1-2H3/t11-/m0/s1. The average molecular weight is 225 g/mol. The highest BCUT2D eigenvalue weighted by atomic mass is 16.7. The van der Waals surface area contributed by atoms with E-state index in [1.54, 1.807) is 14.2 Å². The lowest BCUT2D eigenvalue weighted by Gasteiger charge is -2.17. The van der Waals surface area contributed by atoms with Crippen LogP contribution in [0.25, 0.3) is 0 Å². The lowest BCUT2D eigenvalue weighted by atomic mass is 10.1. The summed E-state index contributed by atoms with van der Waals surface area (Å²) in [5, 5.41) is 12.7. The Balaban J connectivity index is 2.28. The third kappa shape index (κ3) is 4.72. The zero-order valence-corrected chi connectivity index (χ0v) is 9.72. The summed E-state index contributed by atoms with van der Waals surface area (Å²) in [5.74, 6) is 0. The van der Waals surface area contributed by atoms with Gasteiger partial charge in [-0.15, -0.1) is 0 Å². The smallest absolute Gasteiger partial charge is 0.215 e. The number of rotatable bonds is 7. The number of nitrogens with one attached hydrogen (secondary N) is 1. The first kappa shape index (κ1) is 13.1. The van der Waals surface area contributed by atoms with Crippen LogP contribution in [0.4, 0.5) is 0 Å². The second-order valence-electron chi connectivity index (χ2n) is 3.56. The van der Waals surface area contributed by atoms with Gasteiger partial charge in [0.25, 0.3) is 0 Å². The molecule has 0 spiro atoms. The van der Waals surface area contributed by atoms with Crippen molar-refractivity contribution in [3.05, 3.63) is 35.9 Å². The van der Waals surface area contributed by atoms with Crippen LogP contribution in [0.2, 0.25) is 0 Å². The molecule has 0 unspecified atom stereocenters. The minimum Gasteiger partial charge on any atom is -0.391 e. The molecule has 1 aromatic carbocycles. The van der Waals surface area contributed by atoms with Crippen LogP contribution in [0.3, 0.4) is 0 Å². The Morgan fingerprint density at radius 3 is 2.38 bits per heavy atom. The molecule has 0 aliphatic carbocycles. The Bertz CT molecular complexity index is 275. The van der Waals surface area contributed by atoms with Crippen molar-refractivity contribution in [2.45, 2.75) is 18.9 Å². The van der Waals surface area contributed by atoms with Crippen molar-refractivity contribution in [1.29, 1.82) is 0 Å². The molecule has 0 aliphatic heterocycles. The number of benzene rings is 1. The van der Waals surface area contributed by atoms with E-state index in [9.17, 15) is 5.11 Å². The van der Waals surface area contributed by atoms with E-state index < -0.39 is 12.5 Å². The van der Waals surface area contributed by atoms with Gasteiger partial charge in [0.2, 0.25) is 6.41 Å². The first-order chi connectivity index (χ1) is 7.76. The molecule has 0 saturated heterocycles. The van der Waals surface area contributed by atoms with Crippen molar-refractivity contribution in [2.24, 2.45) is 0 Å². The second kappa shape index (κ2) is 7.35. The third-order valence-electron chi connectivity index (χ3n) is 2.26. The van der Waals surface area contributed by atoms with Gasteiger partial charge in [0.15, 0.2) is 0 Å². The number of aliphatic hydroxyl groups excluding tert-OH is 1. The normalized spacial score (nSPS) is 13.0. The van der Waals surface area contributed by atoms with Gasteiger partial charge in [-0.1, -0.05) is 30.3 Å². The second-order valence-corrected chi connectivity index (χ2v) is 3.56. The van der Waals surface area contributed by atoms with Gasteiger partial charge >= 0.3 is 0 Å². The first-order valence-corrected chi connectivity index (χ1v) is 5.27. The predicted octanol–water partition coefficient (Wildman–Crippen LogP) is 0.756. The maximum absolute atomic E-state index is 9.77. The molecule has 4 nitrogen and oxygen atoms in total. The number of hydrogen-bond acceptors (Lipinski definition) is 4. The van der Waals surface area contributed by atoms with Gasteiger partial charge in [-0.05, 0) is 12.0 Å². The fraction of sp³-hybridized carbons (Fsp3) is 0.500. The van der Waals surface area contributed by atoms with Gasteiger partial charge in [-0.25, -0.2) is 0 Å². The molecule has 1 aromatic rings. The highest BCUT2D eigenvalue weighted by Gasteiger charge is 2.09. The summed E-state index contributed by atoms with van der Waals surface area (Å²) in [7, 11) is 3.09. The molecule has 0 aliphatic rings. The molecule has 1 atom stereocenters. The van der Waals surface area contributed by atoms with Crippen LogP contribution < -0.4 is 5.32 Å². The van der Waals surface area contributed by atoms with E-state index in [2.05, 4.69) is 5.32 Å². The number of methoxy groups -OCH3 is 2. The number of ether oxygens (including phenoxy) is 2. The fourth-order valence-corrected chi connectivity index (χ4v) is 1.45. The Morgan fingerprint density at radius 2 is 1.81 bits per heavy atom. The average Bonchev–Trinajstić information content (AvgIpc) is 2.31. The quantitative estimate of drug-likeness (QED) is 0.673. The molecule has 16 heavy (non-hydrogen) atoms. The van der Waals surface area contributed by atoms with E-state index >= 15 is 0 Å². The third-order valence-corrected chi connectivity index (χ3v) is 2.26. The molecule has 0 aromatic heterocycles. The van der Waals surface area contributed by atoms with Gasteiger partial charge < -0.3 is 14.6 Å². The van der Waals surface area contributed by atoms with Crippen molar-refractivity contribution in [1.82, 2.24) is 5.32 Å². The van der Waals surface area contributed by atoms with Gasteiger partial charge in [-0.3, -0.25) is 5.32 Å². The lowest BCUT2D eigenvalue weighted by molar-refractivity contribution is -0.126. The summed E-state index contributed by atoms with van der Waals surface area (Å²) in [6.45, 7) is 0.432. The largest absolute Gasteiger partial charge is 0.391 e. The van der Waals surface area contributed by atoms with Gasteiger partial charge in [0.1, 0.15) is 0 Å². The molecule has 0 fully saturated rings. The first-order valence-electron chi connectivity index (χ1n) is 5.27. The molecule has 0 heterocycles. The highest BCUT2D eigenvalue weighted by molar-refractivity contribution is 5.15. The summed E-state index contributed by atoms with van der Waals surface area (Å²) in [6, 6.07) is 9.87. The maximum atomic E-state index is 9.77. The predicted molar refractivity (Wildman–Crippen MR) is 62.0 cm³/mol. The Hall–Kier alpha value is -0.940. The SMILES string of the molecule is COC(NC[C@@H](O)Cc1ccccc1)OC. The molecule has 0 radical (unpaired) electrons. The molecule has 1 rings (SSSR count). The molecule has 0 bridgehead atoms. The van der Waals surface area contributed by atoms with Gasteiger partial charge in [-0.2, -0.15) is 0 Å². The van der Waals surface area contributed by atoms with Crippen molar-refractivity contribution >= 4 is 0 Å². The van der Waals surface area contributed by atoms with Crippen LogP contribution >= 0.6 is 0 Å². The summed E-state index contributed by atoms with van der Waals surface area (Å²) in [4.78, 5) is 0. The van der Waals surface area contributed by atoms with E-state index in [4.69, 9.17) is 9.47 Å². The monoisotopic (exact) mass is 225 g/mol. The van der Waals surface area contributed by atoms with Crippen LogP contribution in [0.5, 0.6) is 0 Å². The molecule has 0 amide bonds. The van der Waals surface area contributed by atoms with Gasteiger partial charge in [0, 0.05) is 20.8 Å². The van der Waals surface area contributed by atoms with Crippen LogP contribution in [-0.4, -0.2) is 38.4 Å². The lowest BCUT2D eigenvalue weighted by Crippen LogP contribution is -2.38. The minimum absolute atomic E-state index is 0.432. The summed E-state index contributed by atoms with van der Waals surface area (Å²) in [6.07, 6.45) is -0.297. The minimum atomic E-state index is -0.467. The van der Waals surface area contributed by atoms with Crippen molar-refractivity contribution in [2.75, 3.05) is 20.8 Å². The van der Waals surface area contributed by atoms with Crippen molar-refractivity contribution in [3.8, 4) is 0 Å². The molecule has 0 saturated carbocycles. The van der Waals surface area contributed by atoms with E-state index in [-0.39, 0.29) is 0 Å². The zero-order valence-electron chi connectivity index (χ0n) is 9.72. The van der Waals surface area contributed by atoms with E-state index in [0.717, 1.165) is 5.56 Å². The molecule has 4 heteroatoms. The van der Waals surface area contributed by atoms with Crippen molar-refractivity contribution < 1.29 is 14.6 Å². The molecule has 90 valence electrons. The van der Waals surface area contributed by atoms with E-state index in [0.29, 0.717) is 13.0 Å². The van der Waals surface area contributed by atoms with Crippen LogP contribution in [0.15, 0.2) is 30.3 Å².